The third kappa shape index (κ3) is 5.00. The maximum atomic E-state index is 9.22. The number of aliphatic hydroxyl groups excluding tert-OH is 2. The van der Waals surface area contributed by atoms with E-state index in [-0.39, 0.29) is 24.3 Å². The van der Waals surface area contributed by atoms with Gasteiger partial charge in [0, 0.05) is 37.1 Å². The molecule has 42 heavy (non-hydrogen) atoms. The zero-order chi connectivity index (χ0) is 28.6. The fourth-order valence-corrected chi connectivity index (χ4v) is 7.43. The lowest BCUT2D eigenvalue weighted by Crippen LogP contribution is -2.45. The number of benzene rings is 2. The highest BCUT2D eigenvalue weighted by molar-refractivity contribution is 5.82. The van der Waals surface area contributed by atoms with Crippen LogP contribution in [-0.2, 0) is 22.7 Å². The number of aliphatic hydroxyl groups is 2. The maximum absolute atomic E-state index is 9.22. The molecule has 0 amide bonds. The van der Waals surface area contributed by atoms with E-state index < -0.39 is 0 Å². The summed E-state index contributed by atoms with van der Waals surface area (Å²) < 4.78 is 11.3. The fourth-order valence-electron chi connectivity index (χ4n) is 7.43. The highest BCUT2D eigenvalue weighted by Gasteiger charge is 2.45. The van der Waals surface area contributed by atoms with Crippen LogP contribution in [0.4, 0.5) is 11.6 Å². The smallest absolute Gasteiger partial charge is 0.129 e. The lowest BCUT2D eigenvalue weighted by Gasteiger charge is -2.34. The number of hydrogen-bond acceptors (Lipinski definition) is 8. The van der Waals surface area contributed by atoms with Gasteiger partial charge in [0.1, 0.15) is 11.6 Å². The van der Waals surface area contributed by atoms with E-state index in [1.54, 1.807) is 0 Å². The molecule has 220 valence electrons. The molecule has 4 aliphatic rings. The Morgan fingerprint density at radius 1 is 0.619 bits per heavy atom. The van der Waals surface area contributed by atoms with E-state index in [2.05, 4.69) is 34.1 Å². The summed E-state index contributed by atoms with van der Waals surface area (Å²) >= 11 is 0. The molecular formula is C34H40N4O4. The first kappa shape index (κ1) is 27.5. The van der Waals surface area contributed by atoms with Crippen LogP contribution in [0, 0.1) is 0 Å². The van der Waals surface area contributed by atoms with Gasteiger partial charge in [0.15, 0.2) is 0 Å². The van der Waals surface area contributed by atoms with Crippen LogP contribution in [-0.4, -0.2) is 70.8 Å². The van der Waals surface area contributed by atoms with E-state index >= 15 is 0 Å². The summed E-state index contributed by atoms with van der Waals surface area (Å²) in [5.41, 5.74) is 4.19. The first-order valence-electron chi connectivity index (χ1n) is 15.3. The van der Waals surface area contributed by atoms with E-state index in [1.807, 2.05) is 36.4 Å². The molecule has 4 aromatic rings. The fraction of sp³-hybridized carbons (Fsp3) is 0.471. The van der Waals surface area contributed by atoms with Gasteiger partial charge >= 0.3 is 0 Å². The molecule has 0 radical (unpaired) electrons. The number of pyridine rings is 2. The average Bonchev–Trinajstić information content (AvgIpc) is 3.87. The number of nitrogens with zero attached hydrogens (tertiary/aromatic N) is 4. The van der Waals surface area contributed by atoms with Crippen molar-refractivity contribution >= 4 is 33.4 Å². The van der Waals surface area contributed by atoms with Crippen LogP contribution in [0.15, 0.2) is 60.7 Å². The van der Waals surface area contributed by atoms with Crippen molar-refractivity contribution in [2.45, 2.75) is 62.8 Å². The number of hydrogen-bond donors (Lipinski definition) is 2. The van der Waals surface area contributed by atoms with Crippen molar-refractivity contribution in [1.29, 1.82) is 0 Å². The van der Waals surface area contributed by atoms with Crippen LogP contribution in [0.25, 0.3) is 21.8 Å². The van der Waals surface area contributed by atoms with Crippen molar-refractivity contribution in [3.63, 3.8) is 0 Å². The van der Waals surface area contributed by atoms with Crippen LogP contribution in [0.5, 0.6) is 0 Å². The monoisotopic (exact) mass is 568 g/mol. The Balaban J connectivity index is 0.000000137. The highest BCUT2D eigenvalue weighted by atomic mass is 16.5. The Kier molecular flexibility index (Phi) is 7.48. The summed E-state index contributed by atoms with van der Waals surface area (Å²) in [7, 11) is 0. The molecular weight excluding hydrogens is 528 g/mol. The van der Waals surface area contributed by atoms with Gasteiger partial charge in [-0.15, -0.1) is 0 Å². The minimum atomic E-state index is 0.0737. The first-order valence-corrected chi connectivity index (χ1v) is 15.3. The Hall–Kier alpha value is -3.30. The van der Waals surface area contributed by atoms with Gasteiger partial charge in [-0.3, -0.25) is 0 Å². The molecule has 0 saturated carbocycles. The van der Waals surface area contributed by atoms with Gasteiger partial charge in [-0.2, -0.15) is 0 Å². The van der Waals surface area contributed by atoms with Crippen molar-refractivity contribution in [2.75, 3.05) is 49.3 Å². The van der Waals surface area contributed by atoms with Crippen LogP contribution < -0.4 is 9.80 Å². The number of rotatable bonds is 4. The quantitative estimate of drug-likeness (QED) is 0.357. The minimum absolute atomic E-state index is 0.0737. The molecule has 0 aliphatic carbocycles. The summed E-state index contributed by atoms with van der Waals surface area (Å²) in [5.74, 6) is 2.12. The molecule has 0 bridgehead atoms. The van der Waals surface area contributed by atoms with Crippen LogP contribution in [0.3, 0.4) is 0 Å². The predicted molar refractivity (Wildman–Crippen MR) is 165 cm³/mol. The number of ether oxygens (including phenoxy) is 2. The molecule has 2 aromatic heterocycles. The average molecular weight is 569 g/mol. The summed E-state index contributed by atoms with van der Waals surface area (Å²) in [4.78, 5) is 14.6. The van der Waals surface area contributed by atoms with Gasteiger partial charge in [0.25, 0.3) is 0 Å². The third-order valence-electron chi connectivity index (χ3n) is 9.75. The molecule has 2 aromatic carbocycles. The van der Waals surface area contributed by atoms with E-state index in [9.17, 15) is 10.2 Å². The lowest BCUT2D eigenvalue weighted by atomic mass is 9.95. The molecule has 2 spiro atoms. The molecule has 2 atom stereocenters. The van der Waals surface area contributed by atoms with Crippen molar-refractivity contribution in [2.24, 2.45) is 0 Å². The number of aromatic nitrogens is 2. The van der Waals surface area contributed by atoms with E-state index in [0.29, 0.717) is 0 Å². The Bertz CT molecular complexity index is 1440. The molecule has 8 heteroatoms. The van der Waals surface area contributed by atoms with Crippen LogP contribution >= 0.6 is 0 Å². The second-order valence-electron chi connectivity index (χ2n) is 12.3. The molecule has 2 N–H and O–H groups in total. The topological polar surface area (TPSA) is 91.2 Å². The zero-order valence-electron chi connectivity index (χ0n) is 24.2. The van der Waals surface area contributed by atoms with Gasteiger partial charge in [-0.05, 0) is 98.2 Å². The summed E-state index contributed by atoms with van der Waals surface area (Å²) in [5, 5.41) is 20.6. The second kappa shape index (κ2) is 11.4. The molecule has 4 saturated heterocycles. The third-order valence-corrected chi connectivity index (χ3v) is 9.75. The van der Waals surface area contributed by atoms with Crippen molar-refractivity contribution in [3.8, 4) is 0 Å². The van der Waals surface area contributed by atoms with Gasteiger partial charge in [0.2, 0.25) is 0 Å². The number of fused-ring (bicyclic) bond motifs is 2. The lowest BCUT2D eigenvalue weighted by molar-refractivity contribution is 0.178. The summed E-state index contributed by atoms with van der Waals surface area (Å²) in [6.07, 6.45) is 7.05. The van der Waals surface area contributed by atoms with Crippen molar-refractivity contribution in [1.82, 2.24) is 9.97 Å². The van der Waals surface area contributed by atoms with E-state index in [4.69, 9.17) is 19.4 Å². The van der Waals surface area contributed by atoms with Crippen LogP contribution in [0.1, 0.15) is 49.7 Å². The Morgan fingerprint density at radius 2 is 1.10 bits per heavy atom. The molecule has 4 fully saturated rings. The van der Waals surface area contributed by atoms with Gasteiger partial charge < -0.3 is 29.5 Å². The molecule has 1 unspecified atom stereocenters. The van der Waals surface area contributed by atoms with Gasteiger partial charge in [0.05, 0.1) is 48.5 Å². The molecule has 4 aliphatic heterocycles. The summed E-state index contributed by atoms with van der Waals surface area (Å²) in [6, 6.07) is 20.3. The minimum Gasteiger partial charge on any atom is -0.392 e. The van der Waals surface area contributed by atoms with E-state index in [1.165, 1.54) is 25.7 Å². The Labute approximate surface area is 246 Å². The van der Waals surface area contributed by atoms with Crippen LogP contribution in [0.2, 0.25) is 0 Å². The molecule has 8 nitrogen and oxygen atoms in total. The number of anilines is 2. The van der Waals surface area contributed by atoms with Crippen molar-refractivity contribution in [3.05, 3.63) is 71.8 Å². The van der Waals surface area contributed by atoms with Crippen molar-refractivity contribution < 1.29 is 19.7 Å². The Morgan fingerprint density at radius 3 is 1.50 bits per heavy atom. The standard InChI is InChI=1S/2C17H20N2O2/c2*20-11-13-2-4-15-14(10-13)3-5-16(18-15)19-8-1-6-17(19)7-9-21-12-17/h2*2-5,10,20H,1,6-9,11-12H2/t17-;/m1./s1. The van der Waals surface area contributed by atoms with Gasteiger partial charge in [-0.25, -0.2) is 9.97 Å². The molecule has 8 rings (SSSR count). The predicted octanol–water partition coefficient (Wildman–Crippen LogP) is 4.97. The zero-order valence-corrected chi connectivity index (χ0v) is 24.2. The summed E-state index contributed by atoms with van der Waals surface area (Å²) in [6.45, 7) is 5.67. The SMILES string of the molecule is OCc1ccc2nc(N3CCCC34CCOC4)ccc2c1.OCc1ccc2nc(N3CCC[C@]34CCOC4)ccc2c1. The largest absolute Gasteiger partial charge is 0.392 e. The normalized spacial score (nSPS) is 25.3. The maximum Gasteiger partial charge on any atom is 0.129 e. The molecule has 6 heterocycles. The second-order valence-corrected chi connectivity index (χ2v) is 12.3. The van der Waals surface area contributed by atoms with Gasteiger partial charge in [-0.1, -0.05) is 12.1 Å². The first-order chi connectivity index (χ1) is 20.6. The van der Waals surface area contributed by atoms with E-state index in [0.717, 1.165) is 96.9 Å². The highest BCUT2D eigenvalue weighted by Crippen LogP contribution is 2.40.